The van der Waals surface area contributed by atoms with Crippen molar-refractivity contribution >= 4 is 17.9 Å². The molecule has 1 aromatic carbocycles. The number of carbonyl (C=O) groups excluding carboxylic acids is 1. The van der Waals surface area contributed by atoms with Crippen molar-refractivity contribution in [2.45, 2.75) is 32.6 Å². The van der Waals surface area contributed by atoms with Crippen molar-refractivity contribution in [1.82, 2.24) is 0 Å². The first-order valence-electron chi connectivity index (χ1n) is 5.69. The van der Waals surface area contributed by atoms with Gasteiger partial charge in [-0.25, -0.2) is 0 Å². The van der Waals surface area contributed by atoms with Gasteiger partial charge < -0.3 is 14.3 Å². The van der Waals surface area contributed by atoms with Crippen molar-refractivity contribution in [3.05, 3.63) is 22.2 Å². The van der Waals surface area contributed by atoms with Crippen LogP contribution in [0.1, 0.15) is 37.3 Å². The highest BCUT2D eigenvalue weighted by Crippen LogP contribution is 2.46. The van der Waals surface area contributed by atoms with Gasteiger partial charge in [-0.05, 0) is 24.0 Å². The van der Waals surface area contributed by atoms with Gasteiger partial charge in [-0.1, -0.05) is 25.4 Å². The average molecular weight is 255 g/mol. The summed E-state index contributed by atoms with van der Waals surface area (Å²) in [6, 6.07) is 1.88. The molecular formula is C13H15ClO3. The van der Waals surface area contributed by atoms with Crippen molar-refractivity contribution in [2.75, 3.05) is 6.79 Å². The van der Waals surface area contributed by atoms with Crippen LogP contribution in [0.2, 0.25) is 5.02 Å². The maximum atomic E-state index is 10.5. The van der Waals surface area contributed by atoms with Gasteiger partial charge in [0.05, 0.1) is 5.02 Å². The average Bonchev–Trinajstić information content (AvgIpc) is 2.74. The van der Waals surface area contributed by atoms with Gasteiger partial charge in [0.25, 0.3) is 0 Å². The lowest BCUT2D eigenvalue weighted by molar-refractivity contribution is -0.107. The number of carbonyl (C=O) groups is 1. The standard InChI is InChI=1S/C13H15ClO3/c1-8(2)11-9(4-3-5-15)6-10(14)12-13(11)17-7-16-12/h5-6,8H,3-4,7H2,1-2H3. The lowest BCUT2D eigenvalue weighted by atomic mass is 9.93. The molecule has 92 valence electrons. The molecule has 0 saturated heterocycles. The zero-order valence-corrected chi connectivity index (χ0v) is 10.7. The summed E-state index contributed by atoms with van der Waals surface area (Å²) in [4.78, 5) is 10.5. The Kier molecular flexibility index (Phi) is 3.57. The number of ether oxygens (including phenoxy) is 2. The van der Waals surface area contributed by atoms with E-state index in [2.05, 4.69) is 13.8 Å². The molecule has 0 unspecified atom stereocenters. The molecule has 4 heteroatoms. The van der Waals surface area contributed by atoms with Crippen molar-refractivity contribution in [3.8, 4) is 11.5 Å². The van der Waals surface area contributed by atoms with Gasteiger partial charge in [0.2, 0.25) is 6.79 Å². The zero-order chi connectivity index (χ0) is 12.4. The molecule has 17 heavy (non-hydrogen) atoms. The number of fused-ring (bicyclic) bond motifs is 1. The van der Waals surface area contributed by atoms with E-state index in [1.807, 2.05) is 6.07 Å². The molecule has 0 aromatic heterocycles. The molecule has 0 amide bonds. The zero-order valence-electron chi connectivity index (χ0n) is 9.96. The van der Waals surface area contributed by atoms with E-state index in [0.29, 0.717) is 29.5 Å². The van der Waals surface area contributed by atoms with Crippen LogP contribution in [-0.4, -0.2) is 13.1 Å². The summed E-state index contributed by atoms with van der Waals surface area (Å²) in [5.74, 6) is 1.68. The second-order valence-electron chi connectivity index (χ2n) is 4.36. The van der Waals surface area contributed by atoms with E-state index in [4.69, 9.17) is 21.1 Å². The lowest BCUT2D eigenvalue weighted by Gasteiger charge is -2.15. The third-order valence-corrected chi connectivity index (χ3v) is 3.11. The van der Waals surface area contributed by atoms with Gasteiger partial charge >= 0.3 is 0 Å². The van der Waals surface area contributed by atoms with Crippen LogP contribution in [0.15, 0.2) is 6.07 Å². The quantitative estimate of drug-likeness (QED) is 0.774. The van der Waals surface area contributed by atoms with Crippen LogP contribution in [0.3, 0.4) is 0 Å². The minimum atomic E-state index is 0.214. The Balaban J connectivity index is 2.50. The third-order valence-electron chi connectivity index (χ3n) is 2.83. The van der Waals surface area contributed by atoms with E-state index in [1.54, 1.807) is 0 Å². The number of hydrogen-bond donors (Lipinski definition) is 0. The monoisotopic (exact) mass is 254 g/mol. The summed E-state index contributed by atoms with van der Waals surface area (Å²) in [5.41, 5.74) is 2.17. The minimum Gasteiger partial charge on any atom is -0.453 e. The van der Waals surface area contributed by atoms with Crippen LogP contribution >= 0.6 is 11.6 Å². The number of rotatable bonds is 4. The smallest absolute Gasteiger partial charge is 0.231 e. The lowest BCUT2D eigenvalue weighted by Crippen LogP contribution is -2.00. The number of halogens is 1. The van der Waals surface area contributed by atoms with E-state index in [0.717, 1.165) is 23.2 Å². The Morgan fingerprint density at radius 2 is 2.12 bits per heavy atom. The predicted molar refractivity (Wildman–Crippen MR) is 66.0 cm³/mol. The summed E-state index contributed by atoms with van der Waals surface area (Å²) in [5, 5.41) is 0.558. The molecule has 0 saturated carbocycles. The van der Waals surface area contributed by atoms with Crippen LogP contribution in [0.5, 0.6) is 11.5 Å². The fourth-order valence-electron chi connectivity index (χ4n) is 2.15. The van der Waals surface area contributed by atoms with Gasteiger partial charge in [-0.2, -0.15) is 0 Å². The van der Waals surface area contributed by atoms with Crippen LogP contribution in [0.4, 0.5) is 0 Å². The van der Waals surface area contributed by atoms with E-state index in [-0.39, 0.29) is 6.79 Å². The summed E-state index contributed by atoms with van der Waals surface area (Å²) < 4.78 is 10.9. The maximum Gasteiger partial charge on any atom is 0.231 e. The minimum absolute atomic E-state index is 0.214. The Hall–Kier alpha value is -1.22. The van der Waals surface area contributed by atoms with Crippen LogP contribution in [0.25, 0.3) is 0 Å². The van der Waals surface area contributed by atoms with E-state index in [1.165, 1.54) is 0 Å². The molecule has 0 fully saturated rings. The van der Waals surface area contributed by atoms with Gasteiger partial charge in [-0.3, -0.25) is 0 Å². The number of benzene rings is 1. The van der Waals surface area contributed by atoms with Crippen molar-refractivity contribution in [3.63, 3.8) is 0 Å². The van der Waals surface area contributed by atoms with Gasteiger partial charge in [0, 0.05) is 12.0 Å². The first kappa shape index (κ1) is 12.2. The summed E-state index contributed by atoms with van der Waals surface area (Å²) in [7, 11) is 0. The topological polar surface area (TPSA) is 35.5 Å². The van der Waals surface area contributed by atoms with E-state index < -0.39 is 0 Å². The fraction of sp³-hybridized carbons (Fsp3) is 0.462. The van der Waals surface area contributed by atoms with Gasteiger partial charge in [0.1, 0.15) is 6.29 Å². The molecule has 0 aliphatic carbocycles. The number of aryl methyl sites for hydroxylation is 1. The molecule has 0 spiro atoms. The molecule has 1 heterocycles. The van der Waals surface area contributed by atoms with E-state index >= 15 is 0 Å². The highest BCUT2D eigenvalue weighted by Gasteiger charge is 2.25. The molecule has 0 bridgehead atoms. The van der Waals surface area contributed by atoms with Crippen LogP contribution < -0.4 is 9.47 Å². The van der Waals surface area contributed by atoms with Crippen molar-refractivity contribution < 1.29 is 14.3 Å². The molecule has 1 aromatic rings. The second-order valence-corrected chi connectivity index (χ2v) is 4.76. The van der Waals surface area contributed by atoms with Crippen molar-refractivity contribution in [2.24, 2.45) is 0 Å². The molecule has 0 atom stereocenters. The summed E-state index contributed by atoms with van der Waals surface area (Å²) in [6.07, 6.45) is 2.10. The van der Waals surface area contributed by atoms with Gasteiger partial charge in [-0.15, -0.1) is 0 Å². The Bertz CT molecular complexity index is 441. The Morgan fingerprint density at radius 3 is 2.76 bits per heavy atom. The summed E-state index contributed by atoms with van der Waals surface area (Å²) >= 11 is 6.14. The highest BCUT2D eigenvalue weighted by atomic mass is 35.5. The Labute approximate surface area is 106 Å². The van der Waals surface area contributed by atoms with Crippen molar-refractivity contribution in [1.29, 1.82) is 0 Å². The first-order chi connectivity index (χ1) is 8.15. The van der Waals surface area contributed by atoms with Crippen LogP contribution in [-0.2, 0) is 11.2 Å². The van der Waals surface area contributed by atoms with Crippen LogP contribution in [0, 0.1) is 0 Å². The van der Waals surface area contributed by atoms with E-state index in [9.17, 15) is 4.79 Å². The highest BCUT2D eigenvalue weighted by molar-refractivity contribution is 6.32. The molecule has 3 nitrogen and oxygen atoms in total. The molecular weight excluding hydrogens is 240 g/mol. The number of aldehydes is 1. The molecule has 0 N–H and O–H groups in total. The normalized spacial score (nSPS) is 13.2. The molecule has 0 radical (unpaired) electrons. The molecule has 1 aliphatic heterocycles. The molecule has 1 aliphatic rings. The Morgan fingerprint density at radius 1 is 1.41 bits per heavy atom. The third kappa shape index (κ3) is 2.25. The maximum absolute atomic E-state index is 10.5. The fourth-order valence-corrected chi connectivity index (χ4v) is 2.42. The van der Waals surface area contributed by atoms with Gasteiger partial charge in [0.15, 0.2) is 11.5 Å². The molecule has 2 rings (SSSR count). The SMILES string of the molecule is CC(C)c1c(CCC=O)cc(Cl)c2c1OCO2. The second kappa shape index (κ2) is 4.96. The predicted octanol–water partition coefficient (Wildman–Crippen LogP) is 3.32. The number of hydrogen-bond acceptors (Lipinski definition) is 3. The largest absolute Gasteiger partial charge is 0.453 e. The first-order valence-corrected chi connectivity index (χ1v) is 6.07. The summed E-state index contributed by atoms with van der Waals surface area (Å²) in [6.45, 7) is 4.40.